The predicted octanol–water partition coefficient (Wildman–Crippen LogP) is 6.71. The van der Waals surface area contributed by atoms with Crippen molar-refractivity contribution in [3.05, 3.63) is 89.6 Å². The van der Waals surface area contributed by atoms with Gasteiger partial charge in [-0.25, -0.2) is 15.0 Å². The average Bonchev–Trinajstić information content (AvgIpc) is 3.36. The number of ether oxygens (including phenoxy) is 2. The van der Waals surface area contributed by atoms with Crippen LogP contribution in [0.25, 0.3) is 38.4 Å². The molecule has 5 rings (SSSR count). The number of aromatic nitrogens is 3. The molecule has 0 spiro atoms. The van der Waals surface area contributed by atoms with Gasteiger partial charge in [-0.05, 0) is 91.7 Å². The van der Waals surface area contributed by atoms with E-state index in [1.807, 2.05) is 74.5 Å². The summed E-state index contributed by atoms with van der Waals surface area (Å²) in [6, 6.07) is 21.2. The number of nitrogens with zero attached hydrogens (tertiary/aromatic N) is 3. The number of thiazole rings is 1. The van der Waals surface area contributed by atoms with Crippen LogP contribution in [0.1, 0.15) is 16.8 Å². The largest absolute Gasteiger partial charge is 0.497 e. The van der Waals surface area contributed by atoms with Crippen LogP contribution in [0.15, 0.2) is 72.8 Å². The Balaban J connectivity index is 1.53. The van der Waals surface area contributed by atoms with Crippen molar-refractivity contribution < 1.29 is 14.3 Å². The average molecular weight is 523 g/mol. The summed E-state index contributed by atoms with van der Waals surface area (Å²) in [7, 11) is 3.26. The Morgan fingerprint density at radius 3 is 2.03 bits per heavy atom. The fourth-order valence-corrected chi connectivity index (χ4v) is 5.02. The molecule has 190 valence electrons. The molecule has 0 atom stereocenters. The molecule has 0 saturated heterocycles. The van der Waals surface area contributed by atoms with Crippen LogP contribution in [0.4, 0.5) is 5.69 Å². The van der Waals surface area contributed by atoms with E-state index in [0.717, 1.165) is 49.3 Å². The number of carbonyl (C=O) groups excluding carboxylic acids is 1. The zero-order valence-electron chi connectivity index (χ0n) is 21.5. The lowest BCUT2D eigenvalue weighted by Crippen LogP contribution is -2.08. The summed E-state index contributed by atoms with van der Waals surface area (Å²) in [4.78, 5) is 27.9. The third-order valence-electron chi connectivity index (χ3n) is 5.85. The number of anilines is 1. The zero-order chi connectivity index (χ0) is 26.6. The summed E-state index contributed by atoms with van der Waals surface area (Å²) in [5.74, 6) is 1.81. The van der Waals surface area contributed by atoms with Crippen LogP contribution in [-0.4, -0.2) is 35.1 Å². The van der Waals surface area contributed by atoms with E-state index < -0.39 is 0 Å². The van der Waals surface area contributed by atoms with Crippen LogP contribution >= 0.6 is 11.3 Å². The highest BCUT2D eigenvalue weighted by atomic mass is 32.1. The van der Waals surface area contributed by atoms with Gasteiger partial charge in [-0.1, -0.05) is 17.4 Å². The quantitative estimate of drug-likeness (QED) is 0.239. The van der Waals surface area contributed by atoms with Crippen molar-refractivity contribution in [3.8, 4) is 33.5 Å². The third kappa shape index (κ3) is 5.55. The molecule has 8 heteroatoms. The van der Waals surface area contributed by atoms with Gasteiger partial charge in [0.05, 0.1) is 19.9 Å². The Morgan fingerprint density at radius 1 is 0.816 bits per heavy atom. The van der Waals surface area contributed by atoms with Crippen LogP contribution in [-0.2, 0) is 4.79 Å². The van der Waals surface area contributed by atoms with Gasteiger partial charge in [-0.3, -0.25) is 4.79 Å². The van der Waals surface area contributed by atoms with Gasteiger partial charge in [0, 0.05) is 22.9 Å². The lowest BCUT2D eigenvalue weighted by molar-refractivity contribution is -0.111. The maximum atomic E-state index is 12.8. The van der Waals surface area contributed by atoms with Crippen LogP contribution in [0.3, 0.4) is 0 Å². The molecular formula is C30H26N4O3S. The SMILES string of the molecule is COc1ccc(-c2nc(/C=C/C(=O)Nc3cc(C)cc(C)c3)c3nc(-c4ccc(OC)cc4)sc3n2)cc1. The number of methoxy groups -OCH3 is 2. The van der Waals surface area contributed by atoms with Crippen LogP contribution in [0.2, 0.25) is 0 Å². The van der Waals surface area contributed by atoms with E-state index in [2.05, 4.69) is 11.4 Å². The maximum Gasteiger partial charge on any atom is 0.248 e. The minimum Gasteiger partial charge on any atom is -0.497 e. The van der Waals surface area contributed by atoms with Crippen molar-refractivity contribution in [2.75, 3.05) is 19.5 Å². The number of hydrogen-bond donors (Lipinski definition) is 1. The highest BCUT2D eigenvalue weighted by Gasteiger charge is 2.15. The monoisotopic (exact) mass is 522 g/mol. The summed E-state index contributed by atoms with van der Waals surface area (Å²) in [6.07, 6.45) is 3.16. The van der Waals surface area contributed by atoms with Gasteiger partial charge in [0.1, 0.15) is 26.9 Å². The molecule has 1 N–H and O–H groups in total. The van der Waals surface area contributed by atoms with E-state index in [1.165, 1.54) is 17.4 Å². The molecule has 2 aromatic heterocycles. The Labute approximate surface area is 224 Å². The van der Waals surface area contributed by atoms with Gasteiger partial charge in [0.15, 0.2) is 5.82 Å². The van der Waals surface area contributed by atoms with E-state index in [0.29, 0.717) is 17.0 Å². The highest BCUT2D eigenvalue weighted by Crippen LogP contribution is 2.33. The number of hydrogen-bond acceptors (Lipinski definition) is 7. The fourth-order valence-electron chi connectivity index (χ4n) is 4.07. The molecule has 0 bridgehead atoms. The number of amides is 1. The van der Waals surface area contributed by atoms with E-state index >= 15 is 0 Å². The standard InChI is InChI=1S/C30H26N4O3S/c1-18-15-19(2)17-22(16-18)31-26(35)14-13-25-27-30(34-28(32-25)20-5-9-23(36-3)10-6-20)38-29(33-27)21-7-11-24(37-4)12-8-21/h5-17H,1-4H3,(H,31,35)/b14-13+. The number of benzene rings is 3. The lowest BCUT2D eigenvalue weighted by Gasteiger charge is -2.06. The highest BCUT2D eigenvalue weighted by molar-refractivity contribution is 7.21. The van der Waals surface area contributed by atoms with Gasteiger partial charge in [0.2, 0.25) is 5.91 Å². The Hall–Kier alpha value is -4.56. The first-order valence-corrected chi connectivity index (χ1v) is 12.8. The molecule has 7 nitrogen and oxygen atoms in total. The second-order valence-corrected chi connectivity index (χ2v) is 9.74. The van der Waals surface area contributed by atoms with Crippen molar-refractivity contribution in [1.82, 2.24) is 15.0 Å². The molecule has 0 aliphatic carbocycles. The van der Waals surface area contributed by atoms with Crippen LogP contribution in [0.5, 0.6) is 11.5 Å². The molecular weight excluding hydrogens is 496 g/mol. The van der Waals surface area contributed by atoms with Gasteiger partial charge < -0.3 is 14.8 Å². The van der Waals surface area contributed by atoms with Gasteiger partial charge in [0.25, 0.3) is 0 Å². The molecule has 38 heavy (non-hydrogen) atoms. The zero-order valence-corrected chi connectivity index (χ0v) is 22.3. The molecule has 2 heterocycles. The van der Waals surface area contributed by atoms with E-state index in [4.69, 9.17) is 24.4 Å². The van der Waals surface area contributed by atoms with Crippen molar-refractivity contribution in [3.63, 3.8) is 0 Å². The first-order chi connectivity index (χ1) is 18.4. The number of nitrogens with one attached hydrogen (secondary N) is 1. The lowest BCUT2D eigenvalue weighted by atomic mass is 10.1. The molecule has 0 radical (unpaired) electrons. The van der Waals surface area contributed by atoms with Crippen molar-refractivity contribution >= 4 is 39.4 Å². The molecule has 0 aliphatic heterocycles. The summed E-state index contributed by atoms with van der Waals surface area (Å²) in [6.45, 7) is 4.00. The molecule has 0 unspecified atom stereocenters. The second kappa shape index (κ2) is 10.8. The minimum absolute atomic E-state index is 0.252. The maximum absolute atomic E-state index is 12.8. The topological polar surface area (TPSA) is 86.2 Å². The number of rotatable bonds is 7. The van der Waals surface area contributed by atoms with Crippen molar-refractivity contribution in [2.24, 2.45) is 0 Å². The smallest absolute Gasteiger partial charge is 0.248 e. The normalized spacial score (nSPS) is 11.2. The second-order valence-electron chi connectivity index (χ2n) is 8.76. The minimum atomic E-state index is -0.252. The first kappa shape index (κ1) is 25.1. The third-order valence-corrected chi connectivity index (χ3v) is 6.85. The van der Waals surface area contributed by atoms with Gasteiger partial charge in [-0.15, -0.1) is 0 Å². The number of carbonyl (C=O) groups is 1. The van der Waals surface area contributed by atoms with E-state index in [1.54, 1.807) is 20.3 Å². The summed E-state index contributed by atoms with van der Waals surface area (Å²) in [5, 5.41) is 3.73. The Morgan fingerprint density at radius 2 is 1.42 bits per heavy atom. The Kier molecular flexibility index (Phi) is 7.15. The van der Waals surface area contributed by atoms with Gasteiger partial charge >= 0.3 is 0 Å². The molecule has 0 fully saturated rings. The first-order valence-electron chi connectivity index (χ1n) is 12.0. The van der Waals surface area contributed by atoms with Crippen molar-refractivity contribution in [1.29, 1.82) is 0 Å². The van der Waals surface area contributed by atoms with Crippen LogP contribution in [0, 0.1) is 13.8 Å². The molecule has 3 aromatic carbocycles. The number of aryl methyl sites for hydroxylation is 2. The van der Waals surface area contributed by atoms with E-state index in [-0.39, 0.29) is 5.91 Å². The van der Waals surface area contributed by atoms with Gasteiger partial charge in [-0.2, -0.15) is 0 Å². The van der Waals surface area contributed by atoms with Crippen molar-refractivity contribution in [2.45, 2.75) is 13.8 Å². The number of fused-ring (bicyclic) bond motifs is 1. The molecule has 0 saturated carbocycles. The summed E-state index contributed by atoms with van der Waals surface area (Å²) in [5.41, 5.74) is 5.89. The molecule has 5 aromatic rings. The van der Waals surface area contributed by atoms with E-state index in [9.17, 15) is 4.79 Å². The Bertz CT molecular complexity index is 1620. The molecule has 0 aliphatic rings. The summed E-state index contributed by atoms with van der Waals surface area (Å²) < 4.78 is 10.6. The van der Waals surface area contributed by atoms with Crippen LogP contribution < -0.4 is 14.8 Å². The molecule has 1 amide bonds. The summed E-state index contributed by atoms with van der Waals surface area (Å²) >= 11 is 1.47. The fraction of sp³-hybridized carbons (Fsp3) is 0.133. The predicted molar refractivity (Wildman–Crippen MR) is 153 cm³/mol.